The first-order chi connectivity index (χ1) is 13.0. The molecular weight excluding hydrogens is 355 g/mol. The molecule has 0 saturated heterocycles. The zero-order valence-corrected chi connectivity index (χ0v) is 14.5. The number of hydrogen-bond acceptors (Lipinski definition) is 2. The molecule has 0 aliphatic heterocycles. The van der Waals surface area contributed by atoms with E-state index in [9.17, 15) is 18.0 Å². The summed E-state index contributed by atoms with van der Waals surface area (Å²) in [5, 5.41) is 2.73. The Morgan fingerprint density at radius 2 is 1.85 bits per heavy atom. The first-order valence-corrected chi connectivity index (χ1v) is 8.94. The van der Waals surface area contributed by atoms with E-state index >= 15 is 0 Å². The number of carbonyl (C=O) groups excluding carboxylic acids is 1. The Hall–Kier alpha value is -2.83. The molecule has 0 spiro atoms. The summed E-state index contributed by atoms with van der Waals surface area (Å²) in [6.45, 7) is 0. The predicted molar refractivity (Wildman–Crippen MR) is 95.7 cm³/mol. The summed E-state index contributed by atoms with van der Waals surface area (Å²) < 4.78 is 42.8. The maximum Gasteiger partial charge on any atom is 0.225 e. The monoisotopic (exact) mass is 373 g/mol. The highest BCUT2D eigenvalue weighted by Crippen LogP contribution is 2.33. The van der Waals surface area contributed by atoms with Crippen LogP contribution in [-0.2, 0) is 4.79 Å². The molecule has 0 radical (unpaired) electrons. The van der Waals surface area contributed by atoms with E-state index in [4.69, 9.17) is 0 Å². The van der Waals surface area contributed by atoms with Crippen molar-refractivity contribution in [2.24, 2.45) is 5.92 Å². The van der Waals surface area contributed by atoms with E-state index < -0.39 is 17.5 Å². The minimum atomic E-state index is -0.813. The van der Waals surface area contributed by atoms with Gasteiger partial charge in [-0.1, -0.05) is 12.8 Å². The molecule has 4 rings (SSSR count). The number of benzene rings is 1. The first kappa shape index (κ1) is 17.6. The Kier molecular flexibility index (Phi) is 4.59. The third kappa shape index (κ3) is 3.54. The summed E-state index contributed by atoms with van der Waals surface area (Å²) in [7, 11) is 0. The minimum absolute atomic E-state index is 0.0330. The van der Waals surface area contributed by atoms with E-state index in [2.05, 4.69) is 10.3 Å². The van der Waals surface area contributed by atoms with Crippen LogP contribution in [0.25, 0.3) is 16.9 Å². The second-order valence-electron chi connectivity index (χ2n) is 6.91. The van der Waals surface area contributed by atoms with Crippen LogP contribution >= 0.6 is 0 Å². The van der Waals surface area contributed by atoms with Gasteiger partial charge in [0.2, 0.25) is 5.91 Å². The number of imidazole rings is 1. The van der Waals surface area contributed by atoms with Crippen LogP contribution in [0.15, 0.2) is 36.5 Å². The number of anilines is 1. The number of amides is 1. The minimum Gasteiger partial charge on any atom is -0.309 e. The third-order valence-corrected chi connectivity index (χ3v) is 4.98. The van der Waals surface area contributed by atoms with Gasteiger partial charge in [-0.15, -0.1) is 0 Å². The van der Waals surface area contributed by atoms with Gasteiger partial charge in [-0.25, -0.2) is 18.2 Å². The standard InChI is InChI=1S/C20H18F3N3O/c21-13-5-7-15(16(23)10-13)19-20(24-17-8-6-14(22)11-26(17)19)25-18(27)9-12-3-1-2-4-12/h5-8,10-12H,1-4,9H2,(H,25,27). The second-order valence-corrected chi connectivity index (χ2v) is 6.91. The smallest absolute Gasteiger partial charge is 0.225 e. The topological polar surface area (TPSA) is 46.4 Å². The number of nitrogens with one attached hydrogen (secondary N) is 1. The predicted octanol–water partition coefficient (Wildman–Crippen LogP) is 4.94. The largest absolute Gasteiger partial charge is 0.309 e. The average Bonchev–Trinajstić information content (AvgIpc) is 3.23. The maximum absolute atomic E-state index is 14.4. The molecule has 27 heavy (non-hydrogen) atoms. The van der Waals surface area contributed by atoms with E-state index in [1.165, 1.54) is 22.6 Å². The van der Waals surface area contributed by atoms with Gasteiger partial charge in [-0.2, -0.15) is 0 Å². The van der Waals surface area contributed by atoms with E-state index in [1.54, 1.807) is 0 Å². The number of aromatic nitrogens is 2. The zero-order valence-electron chi connectivity index (χ0n) is 14.5. The van der Waals surface area contributed by atoms with Crippen molar-refractivity contribution < 1.29 is 18.0 Å². The quantitative estimate of drug-likeness (QED) is 0.704. The molecule has 1 aliphatic carbocycles. The van der Waals surface area contributed by atoms with Crippen LogP contribution in [0.5, 0.6) is 0 Å². The van der Waals surface area contributed by atoms with Gasteiger partial charge in [0.15, 0.2) is 5.82 Å². The molecule has 1 aliphatic rings. The molecule has 2 heterocycles. The molecular formula is C20H18F3N3O. The van der Waals surface area contributed by atoms with Crippen LogP contribution in [0.1, 0.15) is 32.1 Å². The van der Waals surface area contributed by atoms with Gasteiger partial charge in [-0.05, 0) is 43.0 Å². The molecule has 1 fully saturated rings. The molecule has 1 N–H and O–H groups in total. The Bertz CT molecular complexity index is 1010. The number of hydrogen-bond donors (Lipinski definition) is 1. The van der Waals surface area contributed by atoms with Crippen molar-refractivity contribution in [3.05, 3.63) is 54.0 Å². The van der Waals surface area contributed by atoms with Gasteiger partial charge in [0, 0.05) is 24.2 Å². The van der Waals surface area contributed by atoms with E-state index in [0.29, 0.717) is 18.0 Å². The van der Waals surface area contributed by atoms with Gasteiger partial charge in [0.25, 0.3) is 0 Å². The number of carbonyl (C=O) groups is 1. The lowest BCUT2D eigenvalue weighted by atomic mass is 10.0. The van der Waals surface area contributed by atoms with Gasteiger partial charge in [0.1, 0.15) is 28.8 Å². The fourth-order valence-corrected chi connectivity index (χ4v) is 3.70. The lowest BCUT2D eigenvalue weighted by Gasteiger charge is -2.10. The van der Waals surface area contributed by atoms with Crippen molar-refractivity contribution in [2.75, 3.05) is 5.32 Å². The molecule has 3 aromatic rings. The van der Waals surface area contributed by atoms with E-state index in [0.717, 1.165) is 44.0 Å². The number of pyridine rings is 1. The Labute approximate surface area is 154 Å². The fraction of sp³-hybridized carbons (Fsp3) is 0.300. The fourth-order valence-electron chi connectivity index (χ4n) is 3.70. The van der Waals surface area contributed by atoms with Crippen molar-refractivity contribution >= 4 is 17.4 Å². The number of fused-ring (bicyclic) bond motifs is 1. The summed E-state index contributed by atoms with van der Waals surface area (Å²) in [5.74, 6) is -1.81. The van der Waals surface area contributed by atoms with Crippen LogP contribution in [0, 0.1) is 23.4 Å². The van der Waals surface area contributed by atoms with Crippen molar-refractivity contribution in [2.45, 2.75) is 32.1 Å². The second kappa shape index (κ2) is 7.06. The Morgan fingerprint density at radius 1 is 1.11 bits per heavy atom. The van der Waals surface area contributed by atoms with Crippen LogP contribution in [0.2, 0.25) is 0 Å². The van der Waals surface area contributed by atoms with Gasteiger partial charge in [-0.3, -0.25) is 9.20 Å². The Morgan fingerprint density at radius 3 is 2.59 bits per heavy atom. The molecule has 2 aromatic heterocycles. The molecule has 140 valence electrons. The van der Waals surface area contributed by atoms with Gasteiger partial charge in [0.05, 0.1) is 0 Å². The van der Waals surface area contributed by atoms with Gasteiger partial charge >= 0.3 is 0 Å². The van der Waals surface area contributed by atoms with Crippen LogP contribution in [0.3, 0.4) is 0 Å². The Balaban J connectivity index is 1.76. The summed E-state index contributed by atoms with van der Waals surface area (Å²) in [6, 6.07) is 5.79. The van der Waals surface area contributed by atoms with Crippen molar-refractivity contribution in [1.29, 1.82) is 0 Å². The molecule has 0 bridgehead atoms. The number of nitrogens with zero attached hydrogens (tertiary/aromatic N) is 2. The zero-order chi connectivity index (χ0) is 19.0. The maximum atomic E-state index is 14.4. The lowest BCUT2D eigenvalue weighted by molar-refractivity contribution is -0.117. The van der Waals surface area contributed by atoms with Crippen LogP contribution in [-0.4, -0.2) is 15.3 Å². The summed E-state index contributed by atoms with van der Waals surface area (Å²) in [5.41, 5.74) is 0.568. The molecule has 0 unspecified atom stereocenters. The van der Waals surface area contributed by atoms with Crippen molar-refractivity contribution in [3.8, 4) is 11.3 Å². The number of halogens is 3. The highest BCUT2D eigenvalue weighted by Gasteiger charge is 2.23. The van der Waals surface area contributed by atoms with E-state index in [-0.39, 0.29) is 23.0 Å². The molecule has 7 heteroatoms. The SMILES string of the molecule is O=C(CC1CCCC1)Nc1nc2ccc(F)cn2c1-c1ccc(F)cc1F. The van der Waals surface area contributed by atoms with Crippen LogP contribution < -0.4 is 5.32 Å². The highest BCUT2D eigenvalue weighted by atomic mass is 19.1. The summed E-state index contributed by atoms with van der Waals surface area (Å²) in [4.78, 5) is 16.8. The molecule has 4 nitrogen and oxygen atoms in total. The van der Waals surface area contributed by atoms with Crippen molar-refractivity contribution in [1.82, 2.24) is 9.38 Å². The number of rotatable bonds is 4. The third-order valence-electron chi connectivity index (χ3n) is 4.98. The lowest BCUT2D eigenvalue weighted by Crippen LogP contribution is -2.16. The van der Waals surface area contributed by atoms with E-state index in [1.807, 2.05) is 0 Å². The normalized spacial score (nSPS) is 14.8. The average molecular weight is 373 g/mol. The highest BCUT2D eigenvalue weighted by molar-refractivity contribution is 5.94. The molecule has 1 amide bonds. The summed E-state index contributed by atoms with van der Waals surface area (Å²) in [6.07, 6.45) is 5.81. The van der Waals surface area contributed by atoms with Crippen LogP contribution in [0.4, 0.5) is 19.0 Å². The molecule has 1 aromatic carbocycles. The van der Waals surface area contributed by atoms with Crippen molar-refractivity contribution in [3.63, 3.8) is 0 Å². The first-order valence-electron chi connectivity index (χ1n) is 8.94. The molecule has 1 saturated carbocycles. The van der Waals surface area contributed by atoms with Gasteiger partial charge < -0.3 is 5.32 Å². The summed E-state index contributed by atoms with van der Waals surface area (Å²) >= 11 is 0. The molecule has 0 atom stereocenters.